The van der Waals surface area contributed by atoms with Crippen LogP contribution in [0.4, 0.5) is 0 Å². The van der Waals surface area contributed by atoms with Crippen LogP contribution < -0.4 is 0 Å². The molecule has 3 nitrogen and oxygen atoms in total. The Balaban J connectivity index is 2.99. The molecule has 3 heteroatoms. The Hall–Kier alpha value is -1.22. The van der Waals surface area contributed by atoms with Crippen LogP contribution in [-0.4, -0.2) is 28.2 Å². The van der Waals surface area contributed by atoms with E-state index in [9.17, 15) is 10.2 Å². The standard InChI is InChI=1S/C14H23NO2/c1-5-11(6-2)15(4)10(3)14-12(16)8-7-9-13(14)17/h7-11,16-17H,5-6H2,1-4H3. The second-order valence-electron chi connectivity index (χ2n) is 4.52. The van der Waals surface area contributed by atoms with Gasteiger partial charge in [0.15, 0.2) is 0 Å². The first-order valence-electron chi connectivity index (χ1n) is 6.25. The van der Waals surface area contributed by atoms with Crippen molar-refractivity contribution in [1.29, 1.82) is 0 Å². The van der Waals surface area contributed by atoms with Gasteiger partial charge in [0.1, 0.15) is 11.5 Å². The molecule has 2 N–H and O–H groups in total. The predicted octanol–water partition coefficient (Wildman–Crippen LogP) is 3.28. The molecular formula is C14H23NO2. The van der Waals surface area contributed by atoms with Crippen LogP contribution in [-0.2, 0) is 0 Å². The summed E-state index contributed by atoms with van der Waals surface area (Å²) in [5.41, 5.74) is 0.613. The Bertz CT molecular complexity index is 341. The van der Waals surface area contributed by atoms with E-state index in [4.69, 9.17) is 0 Å². The van der Waals surface area contributed by atoms with E-state index in [1.165, 1.54) is 0 Å². The van der Waals surface area contributed by atoms with Crippen molar-refractivity contribution >= 4 is 0 Å². The van der Waals surface area contributed by atoms with Crippen LogP contribution >= 0.6 is 0 Å². The fourth-order valence-electron chi connectivity index (χ4n) is 2.35. The van der Waals surface area contributed by atoms with Crippen LogP contribution in [0.5, 0.6) is 11.5 Å². The second-order valence-corrected chi connectivity index (χ2v) is 4.52. The minimum atomic E-state index is 0.00102. The highest BCUT2D eigenvalue weighted by molar-refractivity contribution is 5.44. The number of benzene rings is 1. The van der Waals surface area contributed by atoms with Gasteiger partial charge in [0.05, 0.1) is 5.56 Å². The van der Waals surface area contributed by atoms with Gasteiger partial charge in [-0.25, -0.2) is 0 Å². The molecule has 0 bridgehead atoms. The summed E-state index contributed by atoms with van der Waals surface area (Å²) in [7, 11) is 2.04. The lowest BCUT2D eigenvalue weighted by Gasteiger charge is -2.32. The molecule has 0 saturated heterocycles. The number of phenolic OH excluding ortho intramolecular Hbond substituents is 2. The molecule has 96 valence electrons. The van der Waals surface area contributed by atoms with E-state index >= 15 is 0 Å². The SMILES string of the molecule is CCC(CC)N(C)C(C)c1c(O)cccc1O. The van der Waals surface area contributed by atoms with Gasteiger partial charge in [-0.15, -0.1) is 0 Å². The molecule has 1 unspecified atom stereocenters. The third-order valence-electron chi connectivity index (χ3n) is 3.61. The van der Waals surface area contributed by atoms with E-state index in [0.717, 1.165) is 12.8 Å². The van der Waals surface area contributed by atoms with Crippen LogP contribution in [0, 0.1) is 0 Å². The van der Waals surface area contributed by atoms with Crippen molar-refractivity contribution in [3.05, 3.63) is 23.8 Å². The van der Waals surface area contributed by atoms with Crippen molar-refractivity contribution in [2.75, 3.05) is 7.05 Å². The molecule has 0 fully saturated rings. The number of rotatable bonds is 5. The van der Waals surface area contributed by atoms with Crippen LogP contribution in [0.25, 0.3) is 0 Å². The van der Waals surface area contributed by atoms with Crippen LogP contribution in [0.3, 0.4) is 0 Å². The molecule has 1 aromatic carbocycles. The van der Waals surface area contributed by atoms with E-state index in [0.29, 0.717) is 11.6 Å². The Morgan fingerprint density at radius 3 is 2.00 bits per heavy atom. The van der Waals surface area contributed by atoms with Gasteiger partial charge in [0.2, 0.25) is 0 Å². The zero-order chi connectivity index (χ0) is 13.0. The highest BCUT2D eigenvalue weighted by atomic mass is 16.3. The van der Waals surface area contributed by atoms with Crippen LogP contribution in [0.1, 0.15) is 45.2 Å². The zero-order valence-corrected chi connectivity index (χ0v) is 11.1. The minimum absolute atomic E-state index is 0.00102. The fraction of sp³-hybridized carbons (Fsp3) is 0.571. The average Bonchev–Trinajstić information content (AvgIpc) is 2.30. The Morgan fingerprint density at radius 1 is 1.12 bits per heavy atom. The molecule has 0 aromatic heterocycles. The zero-order valence-electron chi connectivity index (χ0n) is 11.1. The third kappa shape index (κ3) is 2.91. The molecule has 0 spiro atoms. The Labute approximate surface area is 104 Å². The van der Waals surface area contributed by atoms with Crippen molar-refractivity contribution in [2.45, 2.75) is 45.7 Å². The smallest absolute Gasteiger partial charge is 0.124 e. The molecule has 0 saturated carbocycles. The monoisotopic (exact) mass is 237 g/mol. The quantitative estimate of drug-likeness (QED) is 0.826. The van der Waals surface area contributed by atoms with Crippen LogP contribution in [0.15, 0.2) is 18.2 Å². The van der Waals surface area contributed by atoms with Gasteiger partial charge in [0, 0.05) is 12.1 Å². The van der Waals surface area contributed by atoms with Gasteiger partial charge in [-0.3, -0.25) is 4.90 Å². The maximum absolute atomic E-state index is 9.85. The normalized spacial score (nSPS) is 13.3. The van der Waals surface area contributed by atoms with Crippen LogP contribution in [0.2, 0.25) is 0 Å². The Morgan fingerprint density at radius 2 is 1.59 bits per heavy atom. The maximum Gasteiger partial charge on any atom is 0.124 e. The molecule has 0 aliphatic heterocycles. The number of aromatic hydroxyl groups is 2. The molecule has 1 rings (SSSR count). The van der Waals surface area contributed by atoms with Gasteiger partial charge in [-0.2, -0.15) is 0 Å². The van der Waals surface area contributed by atoms with Crippen molar-refractivity contribution in [2.24, 2.45) is 0 Å². The predicted molar refractivity (Wildman–Crippen MR) is 70.3 cm³/mol. The van der Waals surface area contributed by atoms with Gasteiger partial charge in [-0.05, 0) is 38.9 Å². The maximum atomic E-state index is 9.85. The van der Waals surface area contributed by atoms with Crippen molar-refractivity contribution in [1.82, 2.24) is 4.90 Å². The summed E-state index contributed by atoms with van der Waals surface area (Å²) in [5, 5.41) is 19.7. The van der Waals surface area contributed by atoms with Crippen molar-refractivity contribution in [3.63, 3.8) is 0 Å². The summed E-state index contributed by atoms with van der Waals surface area (Å²) in [6.07, 6.45) is 2.12. The van der Waals surface area contributed by atoms with E-state index in [1.807, 2.05) is 14.0 Å². The molecule has 1 aromatic rings. The highest BCUT2D eigenvalue weighted by Gasteiger charge is 2.22. The van der Waals surface area contributed by atoms with Gasteiger partial charge in [-0.1, -0.05) is 19.9 Å². The van der Waals surface area contributed by atoms with Gasteiger partial charge >= 0.3 is 0 Å². The van der Waals surface area contributed by atoms with E-state index in [2.05, 4.69) is 18.7 Å². The molecule has 0 heterocycles. The lowest BCUT2D eigenvalue weighted by molar-refractivity contribution is 0.170. The molecule has 17 heavy (non-hydrogen) atoms. The summed E-state index contributed by atoms with van der Waals surface area (Å²) in [6, 6.07) is 5.35. The number of phenols is 2. The van der Waals surface area contributed by atoms with Crippen molar-refractivity contribution in [3.8, 4) is 11.5 Å². The minimum Gasteiger partial charge on any atom is -0.507 e. The first kappa shape index (κ1) is 13.8. The summed E-state index contributed by atoms with van der Waals surface area (Å²) >= 11 is 0. The highest BCUT2D eigenvalue weighted by Crippen LogP contribution is 2.36. The topological polar surface area (TPSA) is 43.7 Å². The van der Waals surface area contributed by atoms with E-state index < -0.39 is 0 Å². The van der Waals surface area contributed by atoms with E-state index in [1.54, 1.807) is 18.2 Å². The van der Waals surface area contributed by atoms with Gasteiger partial charge in [0.25, 0.3) is 0 Å². The summed E-state index contributed by atoms with van der Waals surface area (Å²) in [6.45, 7) is 6.32. The molecule has 0 radical (unpaired) electrons. The van der Waals surface area contributed by atoms with Crippen molar-refractivity contribution < 1.29 is 10.2 Å². The summed E-state index contributed by atoms with van der Waals surface area (Å²) in [5.74, 6) is 0.325. The fourth-order valence-corrected chi connectivity index (χ4v) is 2.35. The lowest BCUT2D eigenvalue weighted by Crippen LogP contribution is -2.33. The van der Waals surface area contributed by atoms with E-state index in [-0.39, 0.29) is 17.5 Å². The summed E-state index contributed by atoms with van der Waals surface area (Å²) < 4.78 is 0. The molecule has 0 amide bonds. The summed E-state index contributed by atoms with van der Waals surface area (Å²) in [4.78, 5) is 2.20. The first-order chi connectivity index (χ1) is 8.02. The number of hydrogen-bond acceptors (Lipinski definition) is 3. The number of nitrogens with zero attached hydrogens (tertiary/aromatic N) is 1. The first-order valence-corrected chi connectivity index (χ1v) is 6.25. The number of hydrogen-bond donors (Lipinski definition) is 2. The molecule has 0 aliphatic rings. The molecule has 1 atom stereocenters. The lowest BCUT2D eigenvalue weighted by atomic mass is 10.0. The second kappa shape index (κ2) is 5.92. The molecular weight excluding hydrogens is 214 g/mol. The largest absolute Gasteiger partial charge is 0.507 e. The third-order valence-corrected chi connectivity index (χ3v) is 3.61. The Kier molecular flexibility index (Phi) is 4.82. The molecule has 0 aliphatic carbocycles. The average molecular weight is 237 g/mol. The van der Waals surface area contributed by atoms with Gasteiger partial charge < -0.3 is 10.2 Å².